The molecule has 86 valence electrons. The number of carbonyl (C=O) groups is 1. The lowest BCUT2D eigenvalue weighted by atomic mass is 10.1. The Hall–Kier alpha value is -2.28. The van der Waals surface area contributed by atoms with Crippen molar-refractivity contribution in [3.8, 4) is 6.07 Å². The molecule has 0 aliphatic heterocycles. The molecule has 0 saturated carbocycles. The highest BCUT2D eigenvalue weighted by atomic mass is 16.5. The van der Waals surface area contributed by atoms with Gasteiger partial charge in [0.25, 0.3) is 0 Å². The van der Waals surface area contributed by atoms with Gasteiger partial charge in [0.2, 0.25) is 0 Å². The zero-order valence-corrected chi connectivity index (χ0v) is 9.51. The largest absolute Gasteiger partial charge is 0.465 e. The first-order valence-electron chi connectivity index (χ1n) is 5.40. The van der Waals surface area contributed by atoms with Gasteiger partial charge in [0.1, 0.15) is 12.6 Å². The quantitative estimate of drug-likeness (QED) is 0.756. The Morgan fingerprint density at radius 1 is 1.47 bits per heavy atom. The minimum absolute atomic E-state index is 0.135. The maximum absolute atomic E-state index is 11.4. The number of nitriles is 1. The third-order valence-electron chi connectivity index (χ3n) is 2.51. The normalized spacial score (nSPS) is 10.1. The van der Waals surface area contributed by atoms with E-state index in [1.165, 1.54) is 0 Å². The van der Waals surface area contributed by atoms with E-state index in [-0.39, 0.29) is 12.5 Å². The number of carbonyl (C=O) groups excluding carboxylic acids is 1. The standard InChI is InChI=1S/C13H12N2O2/c1-2-17-12(16)9-15-7-6-10-4-3-5-11(8-14)13(10)15/h3-7H,2,9H2,1H3. The molecule has 0 spiro atoms. The van der Waals surface area contributed by atoms with E-state index < -0.39 is 0 Å². The van der Waals surface area contributed by atoms with Gasteiger partial charge in [0.05, 0.1) is 17.7 Å². The Morgan fingerprint density at radius 2 is 2.29 bits per heavy atom. The highest BCUT2D eigenvalue weighted by Gasteiger charge is 2.09. The van der Waals surface area contributed by atoms with Crippen LogP contribution < -0.4 is 0 Å². The second kappa shape index (κ2) is 4.71. The second-order valence-corrected chi connectivity index (χ2v) is 3.60. The Kier molecular flexibility index (Phi) is 3.10. The number of aromatic nitrogens is 1. The molecule has 2 rings (SSSR count). The van der Waals surface area contributed by atoms with Crippen molar-refractivity contribution in [3.63, 3.8) is 0 Å². The van der Waals surface area contributed by atoms with E-state index >= 15 is 0 Å². The summed E-state index contributed by atoms with van der Waals surface area (Å²) < 4.78 is 6.64. The van der Waals surface area contributed by atoms with E-state index in [0.29, 0.717) is 12.2 Å². The number of hydrogen-bond acceptors (Lipinski definition) is 3. The van der Waals surface area contributed by atoms with Crippen LogP contribution in [0.4, 0.5) is 0 Å². The maximum atomic E-state index is 11.4. The highest BCUT2D eigenvalue weighted by molar-refractivity contribution is 5.86. The summed E-state index contributed by atoms with van der Waals surface area (Å²) in [5.41, 5.74) is 1.35. The molecule has 4 nitrogen and oxygen atoms in total. The predicted molar refractivity (Wildman–Crippen MR) is 63.3 cm³/mol. The highest BCUT2D eigenvalue weighted by Crippen LogP contribution is 2.19. The Bertz CT molecular complexity index is 593. The Balaban J connectivity index is 2.42. The van der Waals surface area contributed by atoms with Crippen molar-refractivity contribution in [2.75, 3.05) is 6.61 Å². The molecule has 0 N–H and O–H groups in total. The van der Waals surface area contributed by atoms with Gasteiger partial charge in [-0.05, 0) is 19.1 Å². The predicted octanol–water partition coefficient (Wildman–Crippen LogP) is 2.08. The van der Waals surface area contributed by atoms with Gasteiger partial charge in [-0.15, -0.1) is 0 Å². The molecule has 2 aromatic rings. The number of ether oxygens (including phenoxy) is 1. The summed E-state index contributed by atoms with van der Waals surface area (Å²) in [7, 11) is 0. The van der Waals surface area contributed by atoms with Crippen LogP contribution in [0.2, 0.25) is 0 Å². The smallest absolute Gasteiger partial charge is 0.325 e. The van der Waals surface area contributed by atoms with Gasteiger partial charge in [0, 0.05) is 11.6 Å². The number of para-hydroxylation sites is 1. The molecule has 0 aliphatic rings. The summed E-state index contributed by atoms with van der Waals surface area (Å²) in [6, 6.07) is 9.50. The second-order valence-electron chi connectivity index (χ2n) is 3.60. The van der Waals surface area contributed by atoms with Crippen LogP contribution >= 0.6 is 0 Å². The molecular weight excluding hydrogens is 216 g/mol. The van der Waals surface area contributed by atoms with Crippen LogP contribution in [-0.2, 0) is 16.1 Å². The maximum Gasteiger partial charge on any atom is 0.325 e. The van der Waals surface area contributed by atoms with Crippen molar-refractivity contribution in [3.05, 3.63) is 36.0 Å². The van der Waals surface area contributed by atoms with Gasteiger partial charge in [-0.2, -0.15) is 5.26 Å². The lowest BCUT2D eigenvalue weighted by Crippen LogP contribution is -2.12. The van der Waals surface area contributed by atoms with Gasteiger partial charge in [-0.25, -0.2) is 0 Å². The van der Waals surface area contributed by atoms with Gasteiger partial charge >= 0.3 is 5.97 Å². The molecule has 0 saturated heterocycles. The summed E-state index contributed by atoms with van der Waals surface area (Å²) in [4.78, 5) is 11.4. The van der Waals surface area contributed by atoms with E-state index in [1.807, 2.05) is 18.2 Å². The number of benzene rings is 1. The SMILES string of the molecule is CCOC(=O)Cn1ccc2cccc(C#N)c21. The van der Waals surface area contributed by atoms with E-state index in [9.17, 15) is 4.79 Å². The van der Waals surface area contributed by atoms with Crippen LogP contribution in [0.15, 0.2) is 30.5 Å². The number of rotatable bonds is 3. The monoisotopic (exact) mass is 228 g/mol. The summed E-state index contributed by atoms with van der Waals surface area (Å²) in [6.45, 7) is 2.27. The molecule has 0 amide bonds. The van der Waals surface area contributed by atoms with E-state index in [4.69, 9.17) is 10.00 Å². The van der Waals surface area contributed by atoms with Crippen LogP contribution in [0.1, 0.15) is 12.5 Å². The summed E-state index contributed by atoms with van der Waals surface area (Å²) >= 11 is 0. The van der Waals surface area contributed by atoms with Crippen molar-refractivity contribution in [2.24, 2.45) is 0 Å². The minimum atomic E-state index is -0.294. The molecule has 0 fully saturated rings. The van der Waals surface area contributed by atoms with Crippen molar-refractivity contribution >= 4 is 16.9 Å². The number of esters is 1. The van der Waals surface area contributed by atoms with Gasteiger partial charge in [-0.1, -0.05) is 12.1 Å². The summed E-state index contributed by atoms with van der Waals surface area (Å²) in [6.07, 6.45) is 1.79. The topological polar surface area (TPSA) is 55.0 Å². The molecule has 0 bridgehead atoms. The molecule has 1 aromatic carbocycles. The van der Waals surface area contributed by atoms with Crippen molar-refractivity contribution in [1.82, 2.24) is 4.57 Å². The average molecular weight is 228 g/mol. The zero-order valence-electron chi connectivity index (χ0n) is 9.51. The van der Waals surface area contributed by atoms with Crippen LogP contribution in [0.25, 0.3) is 10.9 Å². The van der Waals surface area contributed by atoms with E-state index in [0.717, 1.165) is 10.9 Å². The first-order valence-corrected chi connectivity index (χ1v) is 5.40. The van der Waals surface area contributed by atoms with Crippen molar-refractivity contribution < 1.29 is 9.53 Å². The van der Waals surface area contributed by atoms with Crippen molar-refractivity contribution in [2.45, 2.75) is 13.5 Å². The lowest BCUT2D eigenvalue weighted by molar-refractivity contribution is -0.143. The summed E-state index contributed by atoms with van der Waals surface area (Å²) in [5, 5.41) is 9.99. The molecule has 0 radical (unpaired) electrons. The first-order chi connectivity index (χ1) is 8.26. The van der Waals surface area contributed by atoms with Gasteiger partial charge < -0.3 is 9.30 Å². The van der Waals surface area contributed by atoms with Gasteiger partial charge in [0.15, 0.2) is 0 Å². The third kappa shape index (κ3) is 2.13. The van der Waals surface area contributed by atoms with Crippen LogP contribution in [0.5, 0.6) is 0 Å². The molecule has 4 heteroatoms. The fourth-order valence-electron chi connectivity index (χ4n) is 1.83. The minimum Gasteiger partial charge on any atom is -0.465 e. The van der Waals surface area contributed by atoms with E-state index in [2.05, 4.69) is 6.07 Å². The molecule has 0 aliphatic carbocycles. The summed E-state index contributed by atoms with van der Waals surface area (Å²) in [5.74, 6) is -0.294. The number of nitrogens with zero attached hydrogens (tertiary/aromatic N) is 2. The Labute approximate surface area is 99.0 Å². The van der Waals surface area contributed by atoms with Gasteiger partial charge in [-0.3, -0.25) is 4.79 Å². The first kappa shape index (κ1) is 11.2. The molecule has 1 aromatic heterocycles. The fourth-order valence-corrected chi connectivity index (χ4v) is 1.83. The third-order valence-corrected chi connectivity index (χ3v) is 2.51. The average Bonchev–Trinajstić information content (AvgIpc) is 2.73. The molecule has 17 heavy (non-hydrogen) atoms. The van der Waals surface area contributed by atoms with E-state index in [1.54, 1.807) is 23.8 Å². The van der Waals surface area contributed by atoms with Crippen LogP contribution in [0, 0.1) is 11.3 Å². The van der Waals surface area contributed by atoms with Crippen molar-refractivity contribution in [1.29, 1.82) is 5.26 Å². The van der Waals surface area contributed by atoms with Crippen LogP contribution in [0.3, 0.4) is 0 Å². The molecule has 1 heterocycles. The molecular formula is C13H12N2O2. The molecule has 0 unspecified atom stereocenters. The molecule has 0 atom stereocenters. The number of fused-ring (bicyclic) bond motifs is 1. The number of hydrogen-bond donors (Lipinski definition) is 0. The van der Waals surface area contributed by atoms with Crippen LogP contribution in [-0.4, -0.2) is 17.1 Å². The lowest BCUT2D eigenvalue weighted by Gasteiger charge is -2.05. The zero-order chi connectivity index (χ0) is 12.3. The fraction of sp³-hybridized carbons (Fsp3) is 0.231. The Morgan fingerprint density at radius 3 is 3.00 bits per heavy atom.